The molecule has 2 nitrogen and oxygen atoms in total. The first kappa shape index (κ1) is 11.0. The summed E-state index contributed by atoms with van der Waals surface area (Å²) in [6.45, 7) is 1.01. The zero-order chi connectivity index (χ0) is 10.5. The number of rotatable bonds is 5. The largest absolute Gasteiger partial charge is 0.337 e. The zero-order valence-electron chi connectivity index (χ0n) is 8.10. The van der Waals surface area contributed by atoms with Crippen LogP contribution in [0.25, 0.3) is 0 Å². The van der Waals surface area contributed by atoms with Gasteiger partial charge in [0.1, 0.15) is 0 Å². The van der Waals surface area contributed by atoms with Gasteiger partial charge in [-0.2, -0.15) is 11.8 Å². The fraction of sp³-hybridized carbons (Fsp3) is 0.300. The molecule has 15 heavy (non-hydrogen) atoms. The maximum absolute atomic E-state index is 6.00. The quantitative estimate of drug-likeness (QED) is 0.764. The molecule has 0 unspecified atom stereocenters. The lowest BCUT2D eigenvalue weighted by molar-refractivity contribution is 0.770. The predicted molar refractivity (Wildman–Crippen MR) is 67.7 cm³/mol. The smallest absolute Gasteiger partial charge is 0.0946 e. The number of aromatic nitrogens is 2. The van der Waals surface area contributed by atoms with Crippen LogP contribution in [0.5, 0.6) is 0 Å². The van der Waals surface area contributed by atoms with E-state index in [0.717, 1.165) is 23.1 Å². The molecule has 0 atom stereocenters. The van der Waals surface area contributed by atoms with Crippen molar-refractivity contribution in [3.63, 3.8) is 0 Å². The van der Waals surface area contributed by atoms with Gasteiger partial charge in [0, 0.05) is 35.3 Å². The number of thiophene rings is 1. The number of thioether (sulfide) groups is 1. The van der Waals surface area contributed by atoms with Crippen LogP contribution in [0, 0.1) is 0 Å². The summed E-state index contributed by atoms with van der Waals surface area (Å²) in [5.74, 6) is 2.09. The van der Waals surface area contributed by atoms with Crippen LogP contribution >= 0.6 is 34.7 Å². The molecule has 0 aromatic carbocycles. The summed E-state index contributed by atoms with van der Waals surface area (Å²) < 4.78 is 2.09. The highest BCUT2D eigenvalue weighted by molar-refractivity contribution is 7.98. The van der Waals surface area contributed by atoms with Crippen LogP contribution in [0.1, 0.15) is 4.88 Å². The molecule has 2 aromatic heterocycles. The molecule has 0 bridgehead atoms. The Morgan fingerprint density at radius 2 is 2.47 bits per heavy atom. The second kappa shape index (κ2) is 5.58. The molecule has 0 aliphatic heterocycles. The molecule has 2 aromatic rings. The van der Waals surface area contributed by atoms with Crippen LogP contribution in [0.15, 0.2) is 30.2 Å². The molecule has 2 heterocycles. The second-order valence-corrected chi connectivity index (χ2v) is 5.56. The number of hydrogen-bond acceptors (Lipinski definition) is 3. The summed E-state index contributed by atoms with van der Waals surface area (Å²) in [5, 5.41) is 2.93. The van der Waals surface area contributed by atoms with Gasteiger partial charge < -0.3 is 4.57 Å². The summed E-state index contributed by atoms with van der Waals surface area (Å²) in [5.41, 5.74) is 0. The van der Waals surface area contributed by atoms with Gasteiger partial charge >= 0.3 is 0 Å². The number of imidazole rings is 1. The molecule has 5 heteroatoms. The van der Waals surface area contributed by atoms with Gasteiger partial charge in [-0.1, -0.05) is 11.6 Å². The molecular weight excluding hydrogens is 248 g/mol. The summed E-state index contributed by atoms with van der Waals surface area (Å²) in [7, 11) is 0. The Morgan fingerprint density at radius 1 is 1.53 bits per heavy atom. The molecule has 0 N–H and O–H groups in total. The Hall–Kier alpha value is -0.450. The molecule has 0 aliphatic carbocycles. The van der Waals surface area contributed by atoms with Crippen LogP contribution in [0.2, 0.25) is 5.02 Å². The Morgan fingerprint density at radius 3 is 3.13 bits per heavy atom. The average Bonchev–Trinajstić information content (AvgIpc) is 2.85. The number of nitrogens with zero attached hydrogens (tertiary/aromatic N) is 2. The van der Waals surface area contributed by atoms with Gasteiger partial charge in [0.15, 0.2) is 0 Å². The maximum Gasteiger partial charge on any atom is 0.0946 e. The SMILES string of the molecule is Clc1ccsc1CSCCn1ccnc1. The Kier molecular flexibility index (Phi) is 4.11. The highest BCUT2D eigenvalue weighted by Gasteiger charge is 2.01. The Bertz CT molecular complexity index is 397. The third-order valence-corrected chi connectivity index (χ3v) is 4.51. The maximum atomic E-state index is 6.00. The normalized spacial score (nSPS) is 10.7. The number of hydrogen-bond donors (Lipinski definition) is 0. The van der Waals surface area contributed by atoms with Gasteiger partial charge in [0.2, 0.25) is 0 Å². The van der Waals surface area contributed by atoms with Crippen molar-refractivity contribution < 1.29 is 0 Å². The fourth-order valence-corrected chi connectivity index (χ4v) is 3.50. The van der Waals surface area contributed by atoms with Crippen molar-refractivity contribution in [1.82, 2.24) is 9.55 Å². The van der Waals surface area contributed by atoms with Crippen molar-refractivity contribution >= 4 is 34.7 Å². The fourth-order valence-electron chi connectivity index (χ4n) is 1.18. The van der Waals surface area contributed by atoms with E-state index in [1.165, 1.54) is 4.88 Å². The molecule has 0 aliphatic rings. The molecule has 0 fully saturated rings. The third-order valence-electron chi connectivity index (χ3n) is 1.98. The van der Waals surface area contributed by atoms with Crippen LogP contribution < -0.4 is 0 Å². The zero-order valence-corrected chi connectivity index (χ0v) is 10.5. The molecule has 0 amide bonds. The van der Waals surface area contributed by atoms with E-state index in [9.17, 15) is 0 Å². The first-order chi connectivity index (χ1) is 7.36. The van der Waals surface area contributed by atoms with Crippen LogP contribution in [0.4, 0.5) is 0 Å². The predicted octanol–water partition coefficient (Wildman–Crippen LogP) is 3.53. The van der Waals surface area contributed by atoms with E-state index < -0.39 is 0 Å². The van der Waals surface area contributed by atoms with E-state index in [1.807, 2.05) is 35.7 Å². The summed E-state index contributed by atoms with van der Waals surface area (Å²) in [4.78, 5) is 5.27. The minimum atomic E-state index is 0.898. The van der Waals surface area contributed by atoms with Crippen molar-refractivity contribution in [3.05, 3.63) is 40.1 Å². The highest BCUT2D eigenvalue weighted by Crippen LogP contribution is 2.26. The van der Waals surface area contributed by atoms with Gasteiger partial charge in [-0.25, -0.2) is 4.98 Å². The van der Waals surface area contributed by atoms with Gasteiger partial charge in [-0.05, 0) is 11.4 Å². The van der Waals surface area contributed by atoms with Crippen LogP contribution in [-0.4, -0.2) is 15.3 Å². The monoisotopic (exact) mass is 258 g/mol. The molecule has 0 spiro atoms. The molecule has 2 rings (SSSR count). The van der Waals surface area contributed by atoms with Crippen molar-refractivity contribution in [2.45, 2.75) is 12.3 Å². The van der Waals surface area contributed by atoms with E-state index in [-0.39, 0.29) is 0 Å². The molecule has 0 saturated carbocycles. The van der Waals surface area contributed by atoms with Crippen molar-refractivity contribution in [1.29, 1.82) is 0 Å². The first-order valence-electron chi connectivity index (χ1n) is 4.61. The van der Waals surface area contributed by atoms with Crippen LogP contribution in [0.3, 0.4) is 0 Å². The average molecular weight is 259 g/mol. The lowest BCUT2D eigenvalue weighted by Gasteiger charge is -2.01. The van der Waals surface area contributed by atoms with Gasteiger partial charge in [-0.15, -0.1) is 11.3 Å². The number of halogens is 1. The van der Waals surface area contributed by atoms with Gasteiger partial charge in [0.05, 0.1) is 11.3 Å². The third kappa shape index (κ3) is 3.26. The van der Waals surface area contributed by atoms with Crippen molar-refractivity contribution in [2.75, 3.05) is 5.75 Å². The van der Waals surface area contributed by atoms with Crippen molar-refractivity contribution in [2.24, 2.45) is 0 Å². The van der Waals surface area contributed by atoms with E-state index in [0.29, 0.717) is 0 Å². The minimum Gasteiger partial charge on any atom is -0.337 e. The van der Waals surface area contributed by atoms with Crippen molar-refractivity contribution in [3.8, 4) is 0 Å². The summed E-state index contributed by atoms with van der Waals surface area (Å²) in [6, 6.07) is 1.96. The summed E-state index contributed by atoms with van der Waals surface area (Å²) >= 11 is 9.63. The summed E-state index contributed by atoms with van der Waals surface area (Å²) in [6.07, 6.45) is 5.64. The minimum absolute atomic E-state index is 0.898. The standard InChI is InChI=1S/C10H11ClN2S2/c11-9-1-5-15-10(9)7-14-6-4-13-3-2-12-8-13/h1-3,5,8H,4,6-7H2. The topological polar surface area (TPSA) is 17.8 Å². The molecular formula is C10H11ClN2S2. The molecule has 0 radical (unpaired) electrons. The van der Waals surface area contributed by atoms with Gasteiger partial charge in [-0.3, -0.25) is 0 Å². The molecule has 80 valence electrons. The number of aryl methyl sites for hydroxylation is 1. The van der Waals surface area contributed by atoms with E-state index >= 15 is 0 Å². The Balaban J connectivity index is 1.70. The van der Waals surface area contributed by atoms with Crippen LogP contribution in [-0.2, 0) is 12.3 Å². The van der Waals surface area contributed by atoms with E-state index in [1.54, 1.807) is 17.5 Å². The lowest BCUT2D eigenvalue weighted by atomic mass is 10.5. The first-order valence-corrected chi connectivity index (χ1v) is 7.03. The van der Waals surface area contributed by atoms with E-state index in [4.69, 9.17) is 11.6 Å². The van der Waals surface area contributed by atoms with Gasteiger partial charge in [0.25, 0.3) is 0 Å². The lowest BCUT2D eigenvalue weighted by Crippen LogP contribution is -1.96. The van der Waals surface area contributed by atoms with E-state index in [2.05, 4.69) is 9.55 Å². The molecule has 0 saturated heterocycles. The second-order valence-electron chi connectivity index (χ2n) is 3.04. The highest BCUT2D eigenvalue weighted by atomic mass is 35.5. The Labute approximate surface area is 102 Å².